The molecular formula is C20H18N4O4. The van der Waals surface area contributed by atoms with Gasteiger partial charge in [0.1, 0.15) is 16.9 Å². The Balaban J connectivity index is 1.58. The van der Waals surface area contributed by atoms with Crippen LogP contribution in [0.15, 0.2) is 51.5 Å². The first kappa shape index (κ1) is 16.8. The van der Waals surface area contributed by atoms with Crippen molar-refractivity contribution < 1.29 is 18.4 Å². The first-order valence-electron chi connectivity index (χ1n) is 9.12. The summed E-state index contributed by atoms with van der Waals surface area (Å²) in [7, 11) is 0. The van der Waals surface area contributed by atoms with Gasteiger partial charge in [-0.05, 0) is 24.3 Å². The smallest absolute Gasteiger partial charge is 0.289 e. The molecule has 1 aromatic carbocycles. The van der Waals surface area contributed by atoms with Gasteiger partial charge >= 0.3 is 0 Å². The Hall–Kier alpha value is -3.39. The Bertz CT molecular complexity index is 1130. The summed E-state index contributed by atoms with van der Waals surface area (Å²) in [6, 6.07) is 11.2. The summed E-state index contributed by atoms with van der Waals surface area (Å²) in [5, 5.41) is 3.66. The van der Waals surface area contributed by atoms with Gasteiger partial charge in [0, 0.05) is 18.5 Å². The number of morpholine rings is 1. The third kappa shape index (κ3) is 2.97. The molecule has 0 bridgehead atoms. The number of carbonyl (C=O) groups excluding carboxylic acids is 1. The summed E-state index contributed by atoms with van der Waals surface area (Å²) in [5.41, 5.74) is 1.94. The lowest BCUT2D eigenvalue weighted by atomic mass is 10.2. The number of rotatable bonds is 4. The van der Waals surface area contributed by atoms with Crippen LogP contribution in [0.1, 0.15) is 16.4 Å². The van der Waals surface area contributed by atoms with Gasteiger partial charge in [-0.3, -0.25) is 4.79 Å². The molecule has 8 nitrogen and oxygen atoms in total. The third-order valence-electron chi connectivity index (χ3n) is 4.72. The molecule has 8 heteroatoms. The van der Waals surface area contributed by atoms with Gasteiger partial charge in [0.15, 0.2) is 11.4 Å². The molecule has 28 heavy (non-hydrogen) atoms. The maximum atomic E-state index is 12.7. The lowest BCUT2D eigenvalue weighted by molar-refractivity contribution is 0.0938. The van der Waals surface area contributed by atoms with Crippen LogP contribution in [0.2, 0.25) is 0 Å². The summed E-state index contributed by atoms with van der Waals surface area (Å²) in [6.07, 6.45) is 1.57. The van der Waals surface area contributed by atoms with Gasteiger partial charge in [-0.2, -0.15) is 0 Å². The molecule has 0 radical (unpaired) electrons. The number of hydrogen-bond donors (Lipinski definition) is 1. The van der Waals surface area contributed by atoms with E-state index < -0.39 is 0 Å². The molecule has 0 atom stereocenters. The van der Waals surface area contributed by atoms with E-state index in [0.29, 0.717) is 49.0 Å². The molecule has 1 amide bonds. The number of para-hydroxylation sites is 1. The molecule has 1 aliphatic rings. The second-order valence-electron chi connectivity index (χ2n) is 6.51. The summed E-state index contributed by atoms with van der Waals surface area (Å²) >= 11 is 0. The van der Waals surface area contributed by atoms with Gasteiger partial charge in [0.2, 0.25) is 5.82 Å². The number of fused-ring (bicyclic) bond motifs is 3. The van der Waals surface area contributed by atoms with Crippen molar-refractivity contribution in [3.63, 3.8) is 0 Å². The monoisotopic (exact) mass is 378 g/mol. The van der Waals surface area contributed by atoms with E-state index in [1.807, 2.05) is 24.3 Å². The van der Waals surface area contributed by atoms with Crippen molar-refractivity contribution in [1.29, 1.82) is 0 Å². The highest BCUT2D eigenvalue weighted by Gasteiger charge is 2.24. The predicted molar refractivity (Wildman–Crippen MR) is 102 cm³/mol. The third-order valence-corrected chi connectivity index (χ3v) is 4.72. The molecule has 142 valence electrons. The fourth-order valence-corrected chi connectivity index (χ4v) is 3.33. The maximum Gasteiger partial charge on any atom is 0.289 e. The highest BCUT2D eigenvalue weighted by molar-refractivity contribution is 6.07. The Morgan fingerprint density at radius 2 is 1.96 bits per heavy atom. The normalized spacial score (nSPS) is 14.6. The number of anilines is 1. The Kier molecular flexibility index (Phi) is 4.17. The Labute approximate surface area is 160 Å². The summed E-state index contributed by atoms with van der Waals surface area (Å²) in [5.74, 6) is 1.02. The second kappa shape index (κ2) is 6.97. The van der Waals surface area contributed by atoms with E-state index >= 15 is 0 Å². The topological polar surface area (TPSA) is 93.6 Å². The minimum atomic E-state index is -0.363. The number of nitrogens with zero attached hydrogens (tertiary/aromatic N) is 3. The van der Waals surface area contributed by atoms with Gasteiger partial charge in [-0.1, -0.05) is 12.1 Å². The quantitative estimate of drug-likeness (QED) is 0.583. The molecule has 0 spiro atoms. The van der Waals surface area contributed by atoms with E-state index in [1.54, 1.807) is 18.4 Å². The SMILES string of the molecule is O=C(NCc1ccco1)c1nc(N2CCOCC2)c2oc3ccccc3c2n1. The van der Waals surface area contributed by atoms with Crippen LogP contribution in [0.3, 0.4) is 0 Å². The largest absolute Gasteiger partial charge is 0.467 e. The summed E-state index contributed by atoms with van der Waals surface area (Å²) < 4.78 is 16.7. The number of nitrogens with one attached hydrogen (secondary N) is 1. The highest BCUT2D eigenvalue weighted by Crippen LogP contribution is 2.33. The molecule has 0 saturated carbocycles. The van der Waals surface area contributed by atoms with Gasteiger partial charge in [0.05, 0.1) is 26.0 Å². The van der Waals surface area contributed by atoms with Crippen LogP contribution in [0.25, 0.3) is 22.1 Å². The maximum absolute atomic E-state index is 12.7. The van der Waals surface area contributed by atoms with Crippen LogP contribution >= 0.6 is 0 Å². The molecule has 1 fully saturated rings. The number of benzene rings is 1. The molecule has 4 aromatic rings. The molecular weight excluding hydrogens is 360 g/mol. The fourth-order valence-electron chi connectivity index (χ4n) is 3.33. The Morgan fingerprint density at radius 3 is 2.79 bits per heavy atom. The zero-order chi connectivity index (χ0) is 18.9. The predicted octanol–water partition coefficient (Wildman–Crippen LogP) is 2.74. The van der Waals surface area contributed by atoms with Crippen LogP contribution in [-0.4, -0.2) is 42.2 Å². The minimum Gasteiger partial charge on any atom is -0.467 e. The average molecular weight is 378 g/mol. The number of hydrogen-bond acceptors (Lipinski definition) is 7. The molecule has 5 rings (SSSR count). The van der Waals surface area contributed by atoms with Gasteiger partial charge in [0.25, 0.3) is 5.91 Å². The van der Waals surface area contributed by atoms with E-state index in [0.717, 1.165) is 11.0 Å². The van der Waals surface area contributed by atoms with E-state index in [9.17, 15) is 4.79 Å². The number of amides is 1. The number of furan rings is 2. The first-order chi connectivity index (χ1) is 13.8. The highest BCUT2D eigenvalue weighted by atomic mass is 16.5. The van der Waals surface area contributed by atoms with Gasteiger partial charge < -0.3 is 23.8 Å². The van der Waals surface area contributed by atoms with Crippen LogP contribution in [-0.2, 0) is 11.3 Å². The Morgan fingerprint density at radius 1 is 1.11 bits per heavy atom. The molecule has 4 heterocycles. The van der Waals surface area contributed by atoms with Crippen LogP contribution in [0.4, 0.5) is 5.82 Å². The first-order valence-corrected chi connectivity index (χ1v) is 9.12. The number of aromatic nitrogens is 2. The zero-order valence-electron chi connectivity index (χ0n) is 15.1. The molecule has 1 saturated heterocycles. The second-order valence-corrected chi connectivity index (χ2v) is 6.51. The lowest BCUT2D eigenvalue weighted by Gasteiger charge is -2.27. The van der Waals surface area contributed by atoms with Gasteiger partial charge in [-0.25, -0.2) is 9.97 Å². The summed E-state index contributed by atoms with van der Waals surface area (Å²) in [4.78, 5) is 23.8. The van der Waals surface area contributed by atoms with Crippen molar-refractivity contribution in [2.24, 2.45) is 0 Å². The fraction of sp³-hybridized carbons (Fsp3) is 0.250. The summed E-state index contributed by atoms with van der Waals surface area (Å²) in [6.45, 7) is 2.83. The van der Waals surface area contributed by atoms with Crippen molar-refractivity contribution in [2.75, 3.05) is 31.2 Å². The van der Waals surface area contributed by atoms with Crippen molar-refractivity contribution in [2.45, 2.75) is 6.54 Å². The van der Waals surface area contributed by atoms with Crippen LogP contribution < -0.4 is 10.2 Å². The molecule has 3 aromatic heterocycles. The van der Waals surface area contributed by atoms with Crippen LogP contribution in [0.5, 0.6) is 0 Å². The van der Waals surface area contributed by atoms with E-state index in [-0.39, 0.29) is 18.3 Å². The molecule has 1 aliphatic heterocycles. The lowest BCUT2D eigenvalue weighted by Crippen LogP contribution is -2.37. The number of carbonyl (C=O) groups is 1. The van der Waals surface area contributed by atoms with E-state index in [2.05, 4.69) is 20.2 Å². The molecule has 0 aliphatic carbocycles. The van der Waals surface area contributed by atoms with E-state index in [1.165, 1.54) is 0 Å². The molecule has 0 unspecified atom stereocenters. The minimum absolute atomic E-state index is 0.104. The van der Waals surface area contributed by atoms with Crippen molar-refractivity contribution >= 4 is 33.8 Å². The van der Waals surface area contributed by atoms with Crippen LogP contribution in [0, 0.1) is 0 Å². The van der Waals surface area contributed by atoms with E-state index in [4.69, 9.17) is 13.6 Å². The average Bonchev–Trinajstić information content (AvgIpc) is 3.39. The zero-order valence-corrected chi connectivity index (χ0v) is 15.1. The van der Waals surface area contributed by atoms with Crippen molar-refractivity contribution in [1.82, 2.24) is 15.3 Å². The van der Waals surface area contributed by atoms with Crippen molar-refractivity contribution in [3.05, 3.63) is 54.2 Å². The van der Waals surface area contributed by atoms with Crippen molar-refractivity contribution in [3.8, 4) is 0 Å². The number of ether oxygens (including phenoxy) is 1. The molecule has 1 N–H and O–H groups in total. The van der Waals surface area contributed by atoms with Gasteiger partial charge in [-0.15, -0.1) is 0 Å². The standard InChI is InChI=1S/C20H18N4O4/c25-20(21-12-13-4-3-9-27-13)18-22-16-14-5-1-2-6-15(14)28-17(16)19(23-18)24-7-10-26-11-8-24/h1-6,9H,7-8,10-12H2,(H,21,25).